The monoisotopic (exact) mass is 1770 g/mol. The predicted octanol–water partition coefficient (Wildman–Crippen LogP) is 5.59. The minimum absolute atomic E-state index is 0.00296. The first-order valence-electron chi connectivity index (χ1n) is 41.7. The van der Waals surface area contributed by atoms with E-state index in [2.05, 4.69) is 72.9 Å². The molecule has 10 aromatic rings. The summed E-state index contributed by atoms with van der Waals surface area (Å²) in [5.41, 5.74) is -2.62. The molecule has 129 heavy (non-hydrogen) atoms. The Hall–Kier alpha value is -14.4. The van der Waals surface area contributed by atoms with Crippen LogP contribution in [-0.4, -0.2) is 204 Å². The molecule has 0 fully saturated rings. The zero-order chi connectivity index (χ0) is 93.4. The number of carboxylic acids is 1. The second kappa shape index (κ2) is 43.7. The normalized spacial score (nSPS) is 14.0. The number of carboxylic acid groups (broad SMARTS) is 1. The maximum Gasteiger partial charge on any atom is 0.325 e. The lowest BCUT2D eigenvalue weighted by atomic mass is 9.76. The summed E-state index contributed by atoms with van der Waals surface area (Å²) in [5.74, 6) is -12.7. The molecule has 0 bridgehead atoms. The summed E-state index contributed by atoms with van der Waals surface area (Å²) in [6.07, 6.45) is -2.16. The van der Waals surface area contributed by atoms with E-state index in [1.54, 1.807) is 142 Å². The van der Waals surface area contributed by atoms with E-state index in [1.165, 1.54) is 50.9 Å². The highest BCUT2D eigenvalue weighted by atomic mass is 19.1. The number of aliphatic hydroxyl groups is 2. The predicted molar refractivity (Wildman–Crippen MR) is 471 cm³/mol. The van der Waals surface area contributed by atoms with Crippen molar-refractivity contribution in [2.45, 2.75) is 165 Å². The van der Waals surface area contributed by atoms with Gasteiger partial charge in [-0.3, -0.25) is 52.7 Å². The van der Waals surface area contributed by atoms with Gasteiger partial charge in [0, 0.05) is 49.3 Å². The Kier molecular flexibility index (Phi) is 32.8. The van der Waals surface area contributed by atoms with Crippen molar-refractivity contribution in [3.05, 3.63) is 299 Å². The molecule has 0 saturated heterocycles. The summed E-state index contributed by atoms with van der Waals surface area (Å²) < 4.78 is 42.9. The number of nitrogens with zero attached hydrogens (tertiary/aromatic N) is 6. The van der Waals surface area contributed by atoms with Gasteiger partial charge in [-0.25, -0.2) is 14.1 Å². The first-order chi connectivity index (χ1) is 61.5. The van der Waals surface area contributed by atoms with Gasteiger partial charge in [0.25, 0.3) is 0 Å². The molecule has 0 aliphatic rings. The van der Waals surface area contributed by atoms with Gasteiger partial charge >= 0.3 is 11.9 Å². The molecule has 0 aliphatic heterocycles. The lowest BCUT2D eigenvalue weighted by Gasteiger charge is -2.38. The van der Waals surface area contributed by atoms with Crippen molar-refractivity contribution in [3.8, 4) is 11.5 Å². The van der Waals surface area contributed by atoms with Crippen LogP contribution in [0.15, 0.2) is 237 Å². The number of aliphatic hydroxyl groups excluding tert-OH is 2. The summed E-state index contributed by atoms with van der Waals surface area (Å²) in [7, 11) is 2.93. The number of rotatable bonds is 43. The molecule has 678 valence electrons. The molecule has 2 heterocycles. The van der Waals surface area contributed by atoms with E-state index in [4.69, 9.17) is 18.9 Å². The van der Waals surface area contributed by atoms with Crippen molar-refractivity contribution in [3.63, 3.8) is 0 Å². The molecular formula is C95H108FN15O18. The highest BCUT2D eigenvalue weighted by molar-refractivity contribution is 6.06. The molecule has 2 aromatic heterocycles. The first-order valence-corrected chi connectivity index (χ1v) is 41.7. The van der Waals surface area contributed by atoms with E-state index >= 15 is 18.8 Å². The Labute approximate surface area is 745 Å². The number of carbonyl (C=O) groups excluding carboxylic acids is 10. The molecule has 12 N–H and O–H groups in total. The van der Waals surface area contributed by atoms with Crippen molar-refractivity contribution in [2.75, 3.05) is 33.9 Å². The number of nitrogens with one attached hydrogen (secondary N) is 9. The van der Waals surface area contributed by atoms with E-state index in [-0.39, 0.29) is 30.9 Å². The van der Waals surface area contributed by atoms with E-state index in [0.29, 0.717) is 33.8 Å². The molecule has 2 unspecified atom stereocenters. The second-order valence-electron chi connectivity index (χ2n) is 32.7. The summed E-state index contributed by atoms with van der Waals surface area (Å²) in [4.78, 5) is 164. The van der Waals surface area contributed by atoms with Crippen LogP contribution in [0.25, 0.3) is 0 Å². The van der Waals surface area contributed by atoms with E-state index in [0.717, 1.165) is 56.1 Å². The van der Waals surface area contributed by atoms with E-state index in [1.807, 2.05) is 91.0 Å². The van der Waals surface area contributed by atoms with Gasteiger partial charge in [-0.1, -0.05) is 200 Å². The summed E-state index contributed by atoms with van der Waals surface area (Å²) in [6.45, 7) is 9.95. The third kappa shape index (κ3) is 24.2. The molecule has 10 rings (SSSR count). The molecule has 0 radical (unpaired) electrons. The van der Waals surface area contributed by atoms with Gasteiger partial charge in [0.2, 0.25) is 53.2 Å². The Morgan fingerprint density at radius 1 is 0.519 bits per heavy atom. The number of hydrogen-bond acceptors (Lipinski definition) is 21. The van der Waals surface area contributed by atoms with Crippen molar-refractivity contribution >= 4 is 65.1 Å². The molecule has 33 nitrogen and oxygen atoms in total. The van der Waals surface area contributed by atoms with Crippen LogP contribution in [0.1, 0.15) is 125 Å². The molecular weight excluding hydrogens is 1660 g/mol. The lowest BCUT2D eigenvalue weighted by Crippen LogP contribution is -2.67. The Morgan fingerprint density at radius 3 is 1.54 bits per heavy atom. The number of aromatic nitrogens is 6. The van der Waals surface area contributed by atoms with Crippen molar-refractivity contribution in [1.82, 2.24) is 77.6 Å². The number of benzene rings is 8. The lowest BCUT2D eigenvalue weighted by molar-refractivity contribution is -0.157. The van der Waals surface area contributed by atoms with Crippen LogP contribution in [0.4, 0.5) is 4.39 Å². The summed E-state index contributed by atoms with van der Waals surface area (Å²) >= 11 is 0. The summed E-state index contributed by atoms with van der Waals surface area (Å²) in [6, 6.07) is 54.9. The maximum absolute atomic E-state index is 16.0. The molecule has 0 saturated carbocycles. The number of hydrogen-bond donors (Lipinski definition) is 12. The second-order valence-corrected chi connectivity index (χ2v) is 32.7. The minimum atomic E-state index is -2.44. The largest absolute Gasteiger partial charge is 0.497 e. The average Bonchev–Trinajstić information content (AvgIpc) is 1.73. The number of imidazole rings is 1. The highest BCUT2D eigenvalue weighted by Crippen LogP contribution is 2.43. The van der Waals surface area contributed by atoms with Crippen LogP contribution < -0.4 is 57.3 Å². The Balaban J connectivity index is 0.895. The number of tetrazole rings is 1. The zero-order valence-corrected chi connectivity index (χ0v) is 73.3. The molecule has 8 aromatic carbocycles. The number of ether oxygens (including phenoxy) is 4. The number of methoxy groups -OCH3 is 2. The van der Waals surface area contributed by atoms with Gasteiger partial charge in [-0.15, -0.1) is 5.10 Å². The molecule has 0 aliphatic carbocycles. The third-order valence-corrected chi connectivity index (χ3v) is 21.6. The van der Waals surface area contributed by atoms with Crippen molar-refractivity contribution in [2.24, 2.45) is 5.41 Å². The molecule has 9 atom stereocenters. The summed E-state index contributed by atoms with van der Waals surface area (Å²) in [5, 5.41) is 67.6. The molecule has 0 spiro atoms. The van der Waals surface area contributed by atoms with Crippen LogP contribution in [0, 0.1) is 11.2 Å². The fourth-order valence-corrected chi connectivity index (χ4v) is 14.8. The minimum Gasteiger partial charge on any atom is -0.497 e. The maximum atomic E-state index is 16.0. The quantitative estimate of drug-likeness (QED) is 0.0126. The number of esters is 1. The third-order valence-electron chi connectivity index (χ3n) is 21.6. The topological polar surface area (TPSA) is 455 Å². The van der Waals surface area contributed by atoms with Crippen LogP contribution >= 0.6 is 0 Å². The van der Waals surface area contributed by atoms with Gasteiger partial charge < -0.3 is 86.7 Å². The van der Waals surface area contributed by atoms with Gasteiger partial charge in [-0.2, -0.15) is 0 Å². The van der Waals surface area contributed by atoms with E-state index < -0.39 is 179 Å². The van der Waals surface area contributed by atoms with Crippen molar-refractivity contribution in [1.29, 1.82) is 0 Å². The fourth-order valence-electron chi connectivity index (χ4n) is 14.8. The number of aliphatic carboxylic acids is 1. The van der Waals surface area contributed by atoms with Gasteiger partial charge in [0.05, 0.1) is 58.9 Å². The smallest absolute Gasteiger partial charge is 0.325 e. The van der Waals surface area contributed by atoms with Gasteiger partial charge in [-0.05, 0) is 130 Å². The van der Waals surface area contributed by atoms with Gasteiger partial charge in [0.1, 0.15) is 81.3 Å². The Bertz CT molecular complexity index is 5340. The SMILES string of the molecule is COc1ccc(Cn2nnnc2C[C@H](NC(=O)C(C)(C)C(=O)NCCc2cncn2C(c2ccccc2)(c2ccccc2)c2ccccc2)C(=O)NCC(=O)N[C@H](C(=O)NC(C)(Cc2ccccc2F)C(=O)N[C@H](C(=O)N[C@@H](COC(c2ccccc2)(c2ccccc2)c2ccccc2)C(=O)N[C@@H](CC(=O)OC(C)(C)C)C(=O)NC(C)C(=O)O)[C@@H](C)O)[C@@H](C)O)c(OC)c1. The van der Waals surface area contributed by atoms with Crippen molar-refractivity contribution < 1.29 is 91.4 Å². The van der Waals surface area contributed by atoms with Crippen LogP contribution in [0.2, 0.25) is 0 Å². The Morgan fingerprint density at radius 2 is 1.03 bits per heavy atom. The molecule has 9 amide bonds. The van der Waals surface area contributed by atoms with Crippen LogP contribution in [-0.2, 0) is 99.2 Å². The number of halogens is 1. The first kappa shape index (κ1) is 96.8. The van der Waals surface area contributed by atoms with Crippen LogP contribution in [0.5, 0.6) is 11.5 Å². The molecule has 34 heteroatoms. The van der Waals surface area contributed by atoms with Crippen LogP contribution in [0.3, 0.4) is 0 Å². The van der Waals surface area contributed by atoms with E-state index in [9.17, 15) is 53.7 Å². The highest BCUT2D eigenvalue weighted by Gasteiger charge is 2.46. The zero-order valence-electron chi connectivity index (χ0n) is 73.3. The number of amides is 9. The van der Waals surface area contributed by atoms with Gasteiger partial charge in [0.15, 0.2) is 5.82 Å². The average molecular weight is 1770 g/mol. The fraction of sp³-hybridized carbons (Fsp3) is 0.337. The number of carbonyl (C=O) groups is 11. The standard InChI is InChI=1S/C95H108FN15O18/c1-59(87(121)122)100-83(117)74(52-79(115)129-91(4,5)6)101-84(118)75(57-128-95(67-39-24-15-25-40-67,68-41-26-16-27-42-68)69-43-28-17-29-44-69)102-85(119)80(60(2)112)105-90(125)93(9,53-62-32-30-31-45-72(62)96)106-86(120)81(61(3)113)104-78(114)55-99-82(116)73(51-77-107-108-109-111(77)56-63-46-47-71(126-10)50-76(63)127-11)103-89(124)92(7,8)88(123)98-49-48-70-54-97-58-110(70)94(64-33-18-12-19-34-64,65-35-20-13-21-36-65)66-37-22-14-23-38-66/h12-47,50,54,58-61,73-75,80-81,112-113H,48-49,51-53,55-57H2,1-11H3,(H,98,123)(H,99,116)(H,100,117)(H,101,118)(H,102,119)(H,103,124)(H,104,114)(H,105,125)(H,106,120)(H,121,122)/t59?,60-,61-,73+,74+,75+,80+,81+,93?/m1/s1.